The van der Waals surface area contributed by atoms with Crippen molar-refractivity contribution < 1.29 is 14.7 Å². The summed E-state index contributed by atoms with van der Waals surface area (Å²) in [7, 11) is 3.77. The number of carbonyl (C=O) groups excluding carboxylic acids is 1. The zero-order valence-corrected chi connectivity index (χ0v) is 13.1. The summed E-state index contributed by atoms with van der Waals surface area (Å²) >= 11 is 0. The molecule has 0 radical (unpaired) electrons. The molecule has 20 heavy (non-hydrogen) atoms. The lowest BCUT2D eigenvalue weighted by molar-refractivity contribution is -0.142. The zero-order chi connectivity index (χ0) is 15.5. The molecule has 2 atom stereocenters. The van der Waals surface area contributed by atoms with E-state index in [4.69, 9.17) is 0 Å². The van der Waals surface area contributed by atoms with E-state index < -0.39 is 17.4 Å². The van der Waals surface area contributed by atoms with E-state index >= 15 is 0 Å². The molecule has 1 unspecified atom stereocenters. The topological polar surface area (TPSA) is 72.9 Å². The molecular formula is C14H27N3O3. The highest BCUT2D eigenvalue weighted by atomic mass is 16.4. The largest absolute Gasteiger partial charge is 0.480 e. The van der Waals surface area contributed by atoms with Gasteiger partial charge in [-0.15, -0.1) is 0 Å². The van der Waals surface area contributed by atoms with Crippen LogP contribution in [0.3, 0.4) is 0 Å². The molecule has 0 aromatic rings. The van der Waals surface area contributed by atoms with Crippen LogP contribution in [0.15, 0.2) is 0 Å². The van der Waals surface area contributed by atoms with Gasteiger partial charge >= 0.3 is 12.0 Å². The maximum absolute atomic E-state index is 12.1. The summed E-state index contributed by atoms with van der Waals surface area (Å²) in [6.45, 7) is 7.09. The van der Waals surface area contributed by atoms with Crippen LogP contribution in [-0.2, 0) is 4.79 Å². The van der Waals surface area contributed by atoms with Crippen molar-refractivity contribution in [3.63, 3.8) is 0 Å². The Bertz CT molecular complexity index is 365. The molecule has 1 heterocycles. The Kier molecular flexibility index (Phi) is 5.39. The minimum atomic E-state index is -1.00. The second kappa shape index (κ2) is 6.43. The lowest BCUT2D eigenvalue weighted by Crippen LogP contribution is -2.54. The van der Waals surface area contributed by atoms with Crippen molar-refractivity contribution in [3.8, 4) is 0 Å². The summed E-state index contributed by atoms with van der Waals surface area (Å²) in [6.07, 6.45) is 2.23. The van der Waals surface area contributed by atoms with Crippen LogP contribution in [0, 0.1) is 5.41 Å². The molecule has 6 nitrogen and oxygen atoms in total. The fourth-order valence-corrected chi connectivity index (χ4v) is 2.49. The number of carboxylic acids is 1. The van der Waals surface area contributed by atoms with Crippen LogP contribution in [-0.4, -0.2) is 66.2 Å². The standard InChI is InChI=1S/C14H27N3O3/c1-14(2,3)11(12(18)19)15-13(20)17(5)9-10-7-6-8-16(10)4/h10-11H,6-9H2,1-5H3,(H,15,20)(H,18,19)/t10?,11-/m1/s1. The number of amides is 2. The molecule has 0 spiro atoms. The number of nitrogens with one attached hydrogen (secondary N) is 1. The number of hydrogen-bond acceptors (Lipinski definition) is 3. The first-order valence-corrected chi connectivity index (χ1v) is 7.07. The van der Waals surface area contributed by atoms with Crippen LogP contribution in [0.4, 0.5) is 4.79 Å². The maximum atomic E-state index is 12.1. The minimum Gasteiger partial charge on any atom is -0.480 e. The monoisotopic (exact) mass is 285 g/mol. The van der Waals surface area contributed by atoms with Crippen molar-refractivity contribution in [1.82, 2.24) is 15.1 Å². The van der Waals surface area contributed by atoms with Crippen molar-refractivity contribution >= 4 is 12.0 Å². The molecule has 0 saturated carbocycles. The number of carboxylic acid groups (broad SMARTS) is 1. The number of likely N-dealkylation sites (tertiary alicyclic amines) is 1. The molecule has 1 aliphatic rings. The molecule has 2 N–H and O–H groups in total. The number of nitrogens with zero attached hydrogens (tertiary/aromatic N) is 2. The molecule has 0 aromatic carbocycles. The molecule has 1 saturated heterocycles. The van der Waals surface area contributed by atoms with Gasteiger partial charge in [-0.2, -0.15) is 0 Å². The molecule has 116 valence electrons. The molecule has 2 amide bonds. The molecule has 1 rings (SSSR count). The summed E-state index contributed by atoms with van der Waals surface area (Å²) in [5, 5.41) is 11.8. The van der Waals surface area contributed by atoms with Gasteiger partial charge in [-0.1, -0.05) is 20.8 Å². The first kappa shape index (κ1) is 16.8. The third-order valence-corrected chi connectivity index (χ3v) is 3.88. The Morgan fingerprint density at radius 3 is 2.45 bits per heavy atom. The van der Waals surface area contributed by atoms with Crippen LogP contribution < -0.4 is 5.32 Å². The molecular weight excluding hydrogens is 258 g/mol. The lowest BCUT2D eigenvalue weighted by Gasteiger charge is -2.31. The van der Waals surface area contributed by atoms with Gasteiger partial charge in [-0.3, -0.25) is 0 Å². The van der Waals surface area contributed by atoms with Crippen LogP contribution in [0.5, 0.6) is 0 Å². The second-order valence-corrected chi connectivity index (χ2v) is 6.74. The van der Waals surface area contributed by atoms with Gasteiger partial charge in [-0.05, 0) is 31.8 Å². The Balaban J connectivity index is 2.58. The van der Waals surface area contributed by atoms with E-state index in [0.29, 0.717) is 12.6 Å². The third kappa shape index (κ3) is 4.37. The van der Waals surface area contributed by atoms with Crippen LogP contribution >= 0.6 is 0 Å². The number of hydrogen-bond donors (Lipinski definition) is 2. The van der Waals surface area contributed by atoms with Crippen molar-refractivity contribution in [3.05, 3.63) is 0 Å². The molecule has 6 heteroatoms. The first-order chi connectivity index (χ1) is 9.12. The summed E-state index contributed by atoms with van der Waals surface area (Å²) in [5.41, 5.74) is -0.521. The minimum absolute atomic E-state index is 0.326. The summed E-state index contributed by atoms with van der Waals surface area (Å²) in [4.78, 5) is 27.2. The van der Waals surface area contributed by atoms with Crippen molar-refractivity contribution in [2.45, 2.75) is 45.7 Å². The average molecular weight is 285 g/mol. The third-order valence-electron chi connectivity index (χ3n) is 3.88. The predicted molar refractivity (Wildman–Crippen MR) is 77.7 cm³/mol. The number of urea groups is 1. The zero-order valence-electron chi connectivity index (χ0n) is 13.1. The number of carbonyl (C=O) groups is 2. The van der Waals surface area contributed by atoms with Gasteiger partial charge in [0, 0.05) is 19.6 Å². The van der Waals surface area contributed by atoms with E-state index in [2.05, 4.69) is 17.3 Å². The predicted octanol–water partition coefficient (Wildman–Crippen LogP) is 1.22. The van der Waals surface area contributed by atoms with Crippen LogP contribution in [0.25, 0.3) is 0 Å². The van der Waals surface area contributed by atoms with Gasteiger partial charge in [0.15, 0.2) is 0 Å². The SMILES string of the molecule is CN(CC1CCCN1C)C(=O)N[C@H](C(=O)O)C(C)(C)C. The summed E-state index contributed by atoms with van der Waals surface area (Å²) in [6, 6.07) is -0.852. The fourth-order valence-electron chi connectivity index (χ4n) is 2.49. The molecule has 1 aliphatic heterocycles. The van der Waals surface area contributed by atoms with Crippen molar-refractivity contribution in [2.24, 2.45) is 5.41 Å². The normalized spacial score (nSPS) is 21.6. The Morgan fingerprint density at radius 1 is 1.45 bits per heavy atom. The number of likely N-dealkylation sites (N-methyl/N-ethyl adjacent to an activating group) is 2. The average Bonchev–Trinajstić information content (AvgIpc) is 2.69. The molecule has 1 fully saturated rings. The molecule has 0 aliphatic carbocycles. The smallest absolute Gasteiger partial charge is 0.326 e. The summed E-state index contributed by atoms with van der Waals surface area (Å²) < 4.78 is 0. The maximum Gasteiger partial charge on any atom is 0.326 e. The van der Waals surface area contributed by atoms with Gasteiger partial charge in [0.1, 0.15) is 6.04 Å². The van der Waals surface area contributed by atoms with Gasteiger partial charge < -0.3 is 20.2 Å². The number of aliphatic carboxylic acids is 1. The van der Waals surface area contributed by atoms with Crippen molar-refractivity contribution in [2.75, 3.05) is 27.2 Å². The molecule has 0 aromatic heterocycles. The second-order valence-electron chi connectivity index (χ2n) is 6.74. The van der Waals surface area contributed by atoms with Gasteiger partial charge in [0.05, 0.1) is 0 Å². The van der Waals surface area contributed by atoms with E-state index in [0.717, 1.165) is 19.4 Å². The van der Waals surface area contributed by atoms with Gasteiger partial charge in [0.25, 0.3) is 0 Å². The number of rotatable bonds is 4. The van der Waals surface area contributed by atoms with E-state index in [1.807, 2.05) is 0 Å². The molecule has 0 bridgehead atoms. The van der Waals surface area contributed by atoms with Gasteiger partial charge in [-0.25, -0.2) is 9.59 Å². The van der Waals surface area contributed by atoms with E-state index in [1.54, 1.807) is 32.7 Å². The van der Waals surface area contributed by atoms with E-state index in [-0.39, 0.29) is 6.03 Å². The lowest BCUT2D eigenvalue weighted by atomic mass is 9.87. The quantitative estimate of drug-likeness (QED) is 0.814. The van der Waals surface area contributed by atoms with Crippen LogP contribution in [0.2, 0.25) is 0 Å². The van der Waals surface area contributed by atoms with Gasteiger partial charge in [0.2, 0.25) is 0 Å². The Morgan fingerprint density at radius 2 is 2.05 bits per heavy atom. The Labute approximate surface area is 121 Å². The summed E-state index contributed by atoms with van der Waals surface area (Å²) in [5.74, 6) is -1.00. The van der Waals surface area contributed by atoms with E-state index in [1.165, 1.54) is 0 Å². The highest BCUT2D eigenvalue weighted by Crippen LogP contribution is 2.20. The fraction of sp³-hybridized carbons (Fsp3) is 0.857. The highest BCUT2D eigenvalue weighted by molar-refractivity contribution is 5.83. The van der Waals surface area contributed by atoms with Crippen molar-refractivity contribution in [1.29, 1.82) is 0 Å². The van der Waals surface area contributed by atoms with Crippen LogP contribution in [0.1, 0.15) is 33.6 Å². The Hall–Kier alpha value is -1.30. The highest BCUT2D eigenvalue weighted by Gasteiger charge is 2.34. The first-order valence-electron chi connectivity index (χ1n) is 7.07. The van der Waals surface area contributed by atoms with E-state index in [9.17, 15) is 14.7 Å².